The first-order valence-corrected chi connectivity index (χ1v) is 8.01. The molecule has 0 fully saturated rings. The van der Waals surface area contributed by atoms with Crippen LogP contribution in [-0.2, 0) is 13.1 Å². The molecule has 4 rings (SSSR count). The van der Waals surface area contributed by atoms with Crippen LogP contribution in [0, 0.1) is 0 Å². The number of amides is 1. The van der Waals surface area contributed by atoms with Gasteiger partial charge in [-0.3, -0.25) is 9.59 Å². The Kier molecular flexibility index (Phi) is 5.16. The standard InChI is InChI=1S/C19H16N4O2.ClH/c24-18(13-7-3-1-4-8-13)21-17-15-11-20-12-16(15)23(22-17)19(25)14-9-5-2-6-10-14;/h1-10,20H,11-12H2,(H,21,22,24);1H. The molecule has 1 aliphatic rings. The van der Waals surface area contributed by atoms with Gasteiger partial charge in [-0.2, -0.15) is 4.68 Å². The van der Waals surface area contributed by atoms with Crippen LogP contribution in [0.25, 0.3) is 0 Å². The molecular weight excluding hydrogens is 352 g/mol. The fourth-order valence-electron chi connectivity index (χ4n) is 2.90. The van der Waals surface area contributed by atoms with Gasteiger partial charge in [0, 0.05) is 29.8 Å². The van der Waals surface area contributed by atoms with Gasteiger partial charge in [-0.15, -0.1) is 17.5 Å². The first kappa shape index (κ1) is 17.8. The summed E-state index contributed by atoms with van der Waals surface area (Å²) in [6.45, 7) is 1.12. The van der Waals surface area contributed by atoms with Crippen molar-refractivity contribution in [2.75, 3.05) is 5.32 Å². The average molecular weight is 369 g/mol. The van der Waals surface area contributed by atoms with E-state index in [0.29, 0.717) is 30.0 Å². The van der Waals surface area contributed by atoms with Crippen molar-refractivity contribution >= 4 is 30.0 Å². The van der Waals surface area contributed by atoms with Gasteiger partial charge in [-0.25, -0.2) is 0 Å². The Morgan fingerprint density at radius 3 is 2.19 bits per heavy atom. The van der Waals surface area contributed by atoms with Crippen LogP contribution in [0.1, 0.15) is 32.0 Å². The molecule has 0 atom stereocenters. The Morgan fingerprint density at radius 2 is 1.54 bits per heavy atom. The highest BCUT2D eigenvalue weighted by Gasteiger charge is 2.26. The number of rotatable bonds is 3. The molecule has 0 spiro atoms. The predicted octanol–water partition coefficient (Wildman–Crippen LogP) is 2.85. The van der Waals surface area contributed by atoms with Crippen LogP contribution in [0.5, 0.6) is 0 Å². The van der Waals surface area contributed by atoms with Crippen molar-refractivity contribution in [3.8, 4) is 0 Å². The lowest BCUT2D eigenvalue weighted by Gasteiger charge is -2.05. The summed E-state index contributed by atoms with van der Waals surface area (Å²) >= 11 is 0. The van der Waals surface area contributed by atoms with Gasteiger partial charge in [0.1, 0.15) is 0 Å². The third-order valence-corrected chi connectivity index (χ3v) is 4.17. The topological polar surface area (TPSA) is 76.0 Å². The zero-order valence-electron chi connectivity index (χ0n) is 13.8. The molecule has 0 bridgehead atoms. The molecule has 0 unspecified atom stereocenters. The van der Waals surface area contributed by atoms with Crippen molar-refractivity contribution in [1.29, 1.82) is 0 Å². The largest absolute Gasteiger partial charge is 0.307 e. The Morgan fingerprint density at radius 1 is 0.923 bits per heavy atom. The smallest absolute Gasteiger partial charge is 0.278 e. The van der Waals surface area contributed by atoms with E-state index in [2.05, 4.69) is 15.7 Å². The molecule has 1 aromatic heterocycles. The van der Waals surface area contributed by atoms with Crippen LogP contribution in [0.4, 0.5) is 5.82 Å². The second kappa shape index (κ2) is 7.51. The van der Waals surface area contributed by atoms with Crippen molar-refractivity contribution in [3.05, 3.63) is 83.0 Å². The minimum Gasteiger partial charge on any atom is -0.307 e. The maximum absolute atomic E-state index is 12.7. The second-order valence-corrected chi connectivity index (χ2v) is 5.78. The van der Waals surface area contributed by atoms with Gasteiger partial charge in [0.15, 0.2) is 5.82 Å². The molecule has 1 amide bonds. The van der Waals surface area contributed by atoms with Gasteiger partial charge in [-0.1, -0.05) is 36.4 Å². The summed E-state index contributed by atoms with van der Waals surface area (Å²) < 4.78 is 1.38. The van der Waals surface area contributed by atoms with E-state index >= 15 is 0 Å². The van der Waals surface area contributed by atoms with Crippen LogP contribution in [-0.4, -0.2) is 21.6 Å². The van der Waals surface area contributed by atoms with Gasteiger partial charge in [0.2, 0.25) is 0 Å². The van der Waals surface area contributed by atoms with Crippen molar-refractivity contribution in [2.45, 2.75) is 13.1 Å². The normalized spacial score (nSPS) is 12.2. The number of carbonyl (C=O) groups excluding carboxylic acids is 2. The molecule has 0 saturated heterocycles. The second-order valence-electron chi connectivity index (χ2n) is 5.78. The molecule has 2 N–H and O–H groups in total. The third kappa shape index (κ3) is 3.24. The first-order valence-electron chi connectivity index (χ1n) is 8.01. The Labute approximate surface area is 156 Å². The lowest BCUT2D eigenvalue weighted by molar-refractivity contribution is 0.0939. The van der Waals surface area contributed by atoms with Crippen LogP contribution in [0.3, 0.4) is 0 Å². The lowest BCUT2D eigenvalue weighted by Crippen LogP contribution is -2.19. The number of hydrogen-bond donors (Lipinski definition) is 2. The minimum atomic E-state index is -0.243. The summed E-state index contributed by atoms with van der Waals surface area (Å²) in [5.41, 5.74) is 2.75. The number of fused-ring (bicyclic) bond motifs is 1. The highest BCUT2D eigenvalue weighted by atomic mass is 35.5. The molecule has 0 aliphatic carbocycles. The molecule has 132 valence electrons. The van der Waals surface area contributed by atoms with E-state index in [1.165, 1.54) is 4.68 Å². The number of nitrogens with one attached hydrogen (secondary N) is 2. The maximum Gasteiger partial charge on any atom is 0.278 e. The summed E-state index contributed by atoms with van der Waals surface area (Å²) in [5, 5.41) is 10.4. The SMILES string of the molecule is Cl.O=C(Nc1nn(C(=O)c2ccccc2)c2c1CNC2)c1ccccc1. The highest BCUT2D eigenvalue weighted by Crippen LogP contribution is 2.25. The van der Waals surface area contributed by atoms with E-state index < -0.39 is 0 Å². The minimum absolute atomic E-state index is 0. The van der Waals surface area contributed by atoms with Crippen LogP contribution < -0.4 is 10.6 Å². The van der Waals surface area contributed by atoms with E-state index in [0.717, 1.165) is 11.3 Å². The average Bonchev–Trinajstić information content (AvgIpc) is 3.26. The highest BCUT2D eigenvalue weighted by molar-refractivity contribution is 6.04. The molecule has 0 saturated carbocycles. The quantitative estimate of drug-likeness (QED) is 0.745. The number of aromatic nitrogens is 2. The van der Waals surface area contributed by atoms with E-state index in [1.807, 2.05) is 24.3 Å². The van der Waals surface area contributed by atoms with E-state index in [9.17, 15) is 9.59 Å². The monoisotopic (exact) mass is 368 g/mol. The predicted molar refractivity (Wildman–Crippen MR) is 101 cm³/mol. The molecule has 1 aliphatic heterocycles. The van der Waals surface area contributed by atoms with Crippen molar-refractivity contribution in [3.63, 3.8) is 0 Å². The van der Waals surface area contributed by atoms with Gasteiger partial charge < -0.3 is 10.6 Å². The van der Waals surface area contributed by atoms with Crippen LogP contribution in [0.2, 0.25) is 0 Å². The fourth-order valence-corrected chi connectivity index (χ4v) is 2.90. The molecule has 2 aromatic carbocycles. The van der Waals surface area contributed by atoms with Crippen molar-refractivity contribution < 1.29 is 9.59 Å². The summed E-state index contributed by atoms with van der Waals surface area (Å²) in [6, 6.07) is 17.9. The van der Waals surface area contributed by atoms with Crippen molar-refractivity contribution in [2.24, 2.45) is 0 Å². The van der Waals surface area contributed by atoms with Gasteiger partial charge in [0.25, 0.3) is 11.8 Å². The number of nitrogens with zero attached hydrogens (tertiary/aromatic N) is 2. The zero-order valence-corrected chi connectivity index (χ0v) is 14.6. The maximum atomic E-state index is 12.7. The molecule has 3 aromatic rings. The van der Waals surface area contributed by atoms with Crippen molar-refractivity contribution in [1.82, 2.24) is 15.1 Å². The van der Waals surface area contributed by atoms with E-state index in [-0.39, 0.29) is 24.2 Å². The number of anilines is 1. The van der Waals surface area contributed by atoms with E-state index in [1.54, 1.807) is 36.4 Å². The van der Waals surface area contributed by atoms with Crippen LogP contribution in [0.15, 0.2) is 60.7 Å². The first-order chi connectivity index (χ1) is 12.2. The molecule has 7 heteroatoms. The Bertz CT molecular complexity index is 939. The lowest BCUT2D eigenvalue weighted by atomic mass is 10.2. The third-order valence-electron chi connectivity index (χ3n) is 4.17. The summed E-state index contributed by atoms with van der Waals surface area (Å²) in [7, 11) is 0. The molecule has 2 heterocycles. The molecule has 6 nitrogen and oxygen atoms in total. The van der Waals surface area contributed by atoms with Gasteiger partial charge in [0.05, 0.1) is 5.69 Å². The summed E-state index contributed by atoms with van der Waals surface area (Å²) in [6.07, 6.45) is 0. The van der Waals surface area contributed by atoms with E-state index in [4.69, 9.17) is 0 Å². The number of benzene rings is 2. The zero-order chi connectivity index (χ0) is 17.2. The van der Waals surface area contributed by atoms with Gasteiger partial charge >= 0.3 is 0 Å². The van der Waals surface area contributed by atoms with Gasteiger partial charge in [-0.05, 0) is 24.3 Å². The number of hydrogen-bond acceptors (Lipinski definition) is 4. The molecular formula is C19H17ClN4O2. The number of carbonyl (C=O) groups is 2. The van der Waals surface area contributed by atoms with Crippen LogP contribution >= 0.6 is 12.4 Å². The molecule has 26 heavy (non-hydrogen) atoms. The summed E-state index contributed by atoms with van der Waals surface area (Å²) in [5.74, 6) is -0.0222. The number of halogens is 1. The molecule has 0 radical (unpaired) electrons. The Balaban J connectivity index is 0.00000196. The summed E-state index contributed by atoms with van der Waals surface area (Å²) in [4.78, 5) is 25.1. The fraction of sp³-hybridized carbons (Fsp3) is 0.105. The Hall–Kier alpha value is -2.96.